The molecule has 0 saturated heterocycles. The number of nitrogens with one attached hydrogen (secondary N) is 1. The Morgan fingerprint density at radius 1 is 1.10 bits per heavy atom. The number of H-pyrrole nitrogens is 1. The van der Waals surface area contributed by atoms with Crippen LogP contribution in [-0.2, 0) is 0 Å². The van der Waals surface area contributed by atoms with Gasteiger partial charge in [-0.05, 0) is 30.7 Å². The van der Waals surface area contributed by atoms with E-state index in [1.165, 1.54) is 6.07 Å². The number of benzene rings is 1. The van der Waals surface area contributed by atoms with E-state index in [-0.39, 0.29) is 5.95 Å². The molecule has 0 spiro atoms. The Kier molecular flexibility index (Phi) is 2.78. The maximum atomic E-state index is 9.09. The number of nitrogen functional groups attached to an aromatic ring is 1. The lowest BCUT2D eigenvalue weighted by molar-refractivity contribution is 1.22. The maximum Gasteiger partial charge on any atom is 0.222 e. The van der Waals surface area contributed by atoms with E-state index in [2.05, 4.69) is 15.0 Å². The predicted molar refractivity (Wildman–Crippen MR) is 77.9 cm³/mol. The van der Waals surface area contributed by atoms with E-state index in [9.17, 15) is 0 Å². The van der Waals surface area contributed by atoms with Gasteiger partial charge < -0.3 is 10.7 Å². The first kappa shape index (κ1) is 12.6. The largest absolute Gasteiger partial charge is 0.368 e. The molecule has 3 rings (SSSR count). The number of aromatic amines is 1. The van der Waals surface area contributed by atoms with Crippen LogP contribution in [0.4, 0.5) is 5.95 Å². The van der Waals surface area contributed by atoms with E-state index in [1.807, 2.05) is 25.3 Å². The van der Waals surface area contributed by atoms with Crippen LogP contribution in [-0.4, -0.2) is 15.0 Å². The van der Waals surface area contributed by atoms with Crippen molar-refractivity contribution in [3.05, 3.63) is 41.1 Å². The van der Waals surface area contributed by atoms with Gasteiger partial charge in [0.15, 0.2) is 0 Å². The highest BCUT2D eigenvalue weighted by Gasteiger charge is 2.13. The van der Waals surface area contributed by atoms with Gasteiger partial charge in [-0.3, -0.25) is 0 Å². The first-order valence-corrected chi connectivity index (χ1v) is 6.19. The fourth-order valence-corrected chi connectivity index (χ4v) is 2.31. The zero-order chi connectivity index (χ0) is 15.0. The van der Waals surface area contributed by atoms with Crippen LogP contribution in [0.3, 0.4) is 0 Å². The first-order valence-electron chi connectivity index (χ1n) is 6.19. The summed E-state index contributed by atoms with van der Waals surface area (Å²) in [6.07, 6.45) is 1.82. The van der Waals surface area contributed by atoms with E-state index in [0.29, 0.717) is 28.0 Å². The van der Waals surface area contributed by atoms with Crippen molar-refractivity contribution in [1.82, 2.24) is 15.0 Å². The molecule has 1 aromatic carbocycles. The summed E-state index contributed by atoms with van der Waals surface area (Å²) in [4.78, 5) is 11.5. The Bertz CT molecular complexity index is 907. The third-order valence-electron chi connectivity index (χ3n) is 3.21. The second kappa shape index (κ2) is 4.62. The number of hydrogen-bond acceptors (Lipinski definition) is 5. The molecular formula is C15H10N6. The minimum absolute atomic E-state index is 0.139. The Morgan fingerprint density at radius 3 is 2.38 bits per heavy atom. The summed E-state index contributed by atoms with van der Waals surface area (Å²) in [7, 11) is 0. The van der Waals surface area contributed by atoms with E-state index in [0.717, 1.165) is 10.9 Å². The molecule has 21 heavy (non-hydrogen) atoms. The van der Waals surface area contributed by atoms with Crippen LogP contribution in [0.1, 0.15) is 16.7 Å². The van der Waals surface area contributed by atoms with Crippen molar-refractivity contribution in [2.24, 2.45) is 0 Å². The van der Waals surface area contributed by atoms with Crippen LogP contribution in [0.5, 0.6) is 0 Å². The topological polar surface area (TPSA) is 115 Å². The van der Waals surface area contributed by atoms with Crippen LogP contribution >= 0.6 is 0 Å². The number of nitrogens with two attached hydrogens (primary N) is 1. The van der Waals surface area contributed by atoms with Crippen molar-refractivity contribution >= 4 is 17.0 Å². The summed E-state index contributed by atoms with van der Waals surface area (Å²) in [5, 5.41) is 19.0. The van der Waals surface area contributed by atoms with Crippen molar-refractivity contribution in [3.8, 4) is 23.4 Å². The summed E-state index contributed by atoms with van der Waals surface area (Å²) in [5.41, 5.74) is 9.45. The highest BCUT2D eigenvalue weighted by Crippen LogP contribution is 2.30. The molecule has 2 heterocycles. The molecule has 0 amide bonds. The van der Waals surface area contributed by atoms with Crippen molar-refractivity contribution in [3.63, 3.8) is 0 Å². The molecule has 0 aliphatic rings. The summed E-state index contributed by atoms with van der Waals surface area (Å²) >= 11 is 0. The number of nitrogens with zero attached hydrogens (tertiary/aromatic N) is 4. The van der Waals surface area contributed by atoms with Crippen molar-refractivity contribution in [2.45, 2.75) is 6.92 Å². The molecule has 0 aliphatic heterocycles. The quantitative estimate of drug-likeness (QED) is 0.706. The molecule has 0 saturated carbocycles. The van der Waals surface area contributed by atoms with Gasteiger partial charge in [0.2, 0.25) is 5.95 Å². The SMILES string of the molecule is Cc1c[nH]c2nc(N)nc(-c3cc(C#N)cc(C#N)c3)c12. The molecule has 0 unspecified atom stereocenters. The third kappa shape index (κ3) is 2.05. The van der Waals surface area contributed by atoms with Gasteiger partial charge in [0.25, 0.3) is 0 Å². The molecule has 6 nitrogen and oxygen atoms in total. The fraction of sp³-hybridized carbons (Fsp3) is 0.0667. The molecule has 100 valence electrons. The number of rotatable bonds is 1. The van der Waals surface area contributed by atoms with Gasteiger partial charge in [-0.2, -0.15) is 15.5 Å². The lowest BCUT2D eigenvalue weighted by atomic mass is 10.0. The molecule has 6 heteroatoms. The van der Waals surface area contributed by atoms with E-state index in [1.54, 1.807) is 12.1 Å². The minimum atomic E-state index is 0.139. The number of fused-ring (bicyclic) bond motifs is 1. The van der Waals surface area contributed by atoms with E-state index in [4.69, 9.17) is 16.3 Å². The average molecular weight is 274 g/mol. The van der Waals surface area contributed by atoms with Gasteiger partial charge in [0, 0.05) is 17.1 Å². The van der Waals surface area contributed by atoms with Crippen LogP contribution in [0.25, 0.3) is 22.3 Å². The minimum Gasteiger partial charge on any atom is -0.368 e. The summed E-state index contributed by atoms with van der Waals surface area (Å²) in [6, 6.07) is 9.01. The third-order valence-corrected chi connectivity index (χ3v) is 3.21. The van der Waals surface area contributed by atoms with Gasteiger partial charge in [-0.25, -0.2) is 4.98 Å². The lowest BCUT2D eigenvalue weighted by Crippen LogP contribution is -1.98. The van der Waals surface area contributed by atoms with Gasteiger partial charge in [0.05, 0.1) is 29.0 Å². The number of nitriles is 2. The number of anilines is 1. The van der Waals surface area contributed by atoms with Gasteiger partial charge in [-0.1, -0.05) is 0 Å². The highest BCUT2D eigenvalue weighted by molar-refractivity contribution is 5.94. The molecule has 3 N–H and O–H groups in total. The highest BCUT2D eigenvalue weighted by atomic mass is 15.0. The van der Waals surface area contributed by atoms with Crippen molar-refractivity contribution < 1.29 is 0 Å². The number of hydrogen-bond donors (Lipinski definition) is 2. The molecule has 3 aromatic rings. The predicted octanol–water partition coefficient (Wildman–Crippen LogP) is 2.26. The van der Waals surface area contributed by atoms with Crippen LogP contribution < -0.4 is 5.73 Å². The maximum absolute atomic E-state index is 9.09. The molecule has 0 fully saturated rings. The first-order chi connectivity index (χ1) is 10.1. The van der Waals surface area contributed by atoms with Crippen molar-refractivity contribution in [2.75, 3.05) is 5.73 Å². The monoisotopic (exact) mass is 274 g/mol. The number of aryl methyl sites for hydroxylation is 1. The Morgan fingerprint density at radius 2 is 1.76 bits per heavy atom. The average Bonchev–Trinajstić information content (AvgIpc) is 2.87. The summed E-state index contributed by atoms with van der Waals surface area (Å²) in [5.74, 6) is 0.139. The molecule has 0 aliphatic carbocycles. The van der Waals surface area contributed by atoms with E-state index < -0.39 is 0 Å². The lowest BCUT2D eigenvalue weighted by Gasteiger charge is -2.06. The second-order valence-corrected chi connectivity index (χ2v) is 4.65. The Balaban J connectivity index is 2.38. The summed E-state index contributed by atoms with van der Waals surface area (Å²) < 4.78 is 0. The smallest absolute Gasteiger partial charge is 0.222 e. The molecule has 0 bridgehead atoms. The second-order valence-electron chi connectivity index (χ2n) is 4.65. The Labute approximate surface area is 120 Å². The van der Waals surface area contributed by atoms with Crippen LogP contribution in [0.15, 0.2) is 24.4 Å². The molecule has 0 atom stereocenters. The van der Waals surface area contributed by atoms with Gasteiger partial charge in [0.1, 0.15) is 5.65 Å². The van der Waals surface area contributed by atoms with Gasteiger partial charge in [-0.15, -0.1) is 0 Å². The molecule has 2 aromatic heterocycles. The molecule has 0 radical (unpaired) electrons. The van der Waals surface area contributed by atoms with Crippen LogP contribution in [0, 0.1) is 29.6 Å². The zero-order valence-electron chi connectivity index (χ0n) is 11.2. The van der Waals surface area contributed by atoms with Crippen LogP contribution in [0.2, 0.25) is 0 Å². The zero-order valence-corrected chi connectivity index (χ0v) is 11.2. The van der Waals surface area contributed by atoms with Crippen molar-refractivity contribution in [1.29, 1.82) is 10.5 Å². The number of aromatic nitrogens is 3. The summed E-state index contributed by atoms with van der Waals surface area (Å²) in [6.45, 7) is 1.93. The standard InChI is InChI=1S/C15H10N6/c1-8-7-19-14-12(8)13(20-15(18)21-14)11-3-9(5-16)2-10(4-11)6-17/h2-4,7H,1H3,(H3,18,19,20,21). The molecular weight excluding hydrogens is 264 g/mol. The van der Waals surface area contributed by atoms with Gasteiger partial charge >= 0.3 is 0 Å². The fourth-order valence-electron chi connectivity index (χ4n) is 2.31. The Hall–Kier alpha value is -3.38. The normalized spacial score (nSPS) is 10.2. The van der Waals surface area contributed by atoms with E-state index >= 15 is 0 Å².